The minimum absolute atomic E-state index is 0.0455. The number of nitrogens with one attached hydrogen (secondary N) is 1. The number of aliphatic hydroxyl groups is 1. The van der Waals surface area contributed by atoms with E-state index in [2.05, 4.69) is 5.32 Å². The van der Waals surface area contributed by atoms with Crippen molar-refractivity contribution >= 4 is 5.91 Å². The van der Waals surface area contributed by atoms with Crippen LogP contribution in [-0.2, 0) is 6.54 Å². The fourth-order valence-corrected chi connectivity index (χ4v) is 2.91. The summed E-state index contributed by atoms with van der Waals surface area (Å²) in [6.45, 7) is 1.37. The molecular weight excluding hydrogens is 252 g/mol. The van der Waals surface area contributed by atoms with Gasteiger partial charge in [-0.05, 0) is 42.4 Å². The van der Waals surface area contributed by atoms with Gasteiger partial charge in [0.1, 0.15) is 0 Å². The van der Waals surface area contributed by atoms with Crippen LogP contribution in [0.4, 0.5) is 0 Å². The minimum Gasteiger partial charge on any atom is -0.396 e. The Labute approximate surface area is 120 Å². The van der Waals surface area contributed by atoms with E-state index < -0.39 is 0 Å². The topological polar surface area (TPSA) is 75.4 Å². The number of hydrogen-bond acceptors (Lipinski definition) is 3. The number of rotatable bonds is 5. The van der Waals surface area contributed by atoms with Crippen LogP contribution in [0.2, 0.25) is 0 Å². The molecule has 20 heavy (non-hydrogen) atoms. The van der Waals surface area contributed by atoms with Crippen LogP contribution in [0.1, 0.15) is 41.6 Å². The third-order valence-electron chi connectivity index (χ3n) is 4.28. The van der Waals surface area contributed by atoms with Gasteiger partial charge in [-0.2, -0.15) is 0 Å². The molecule has 4 nitrogen and oxygen atoms in total. The van der Waals surface area contributed by atoms with Crippen molar-refractivity contribution in [3.05, 3.63) is 35.4 Å². The highest BCUT2D eigenvalue weighted by molar-refractivity contribution is 5.94. The molecule has 110 valence electrons. The van der Waals surface area contributed by atoms with Crippen LogP contribution in [0, 0.1) is 11.8 Å². The molecule has 0 bridgehead atoms. The Morgan fingerprint density at radius 3 is 2.45 bits per heavy atom. The summed E-state index contributed by atoms with van der Waals surface area (Å²) in [5, 5.41) is 12.4. The first kappa shape index (κ1) is 15.0. The standard InChI is InChI=1S/C16H24N2O2/c17-9-12-5-7-13(8-6-12)16(20)18-10-14-3-1-2-4-15(14)11-19/h5-8,14-15,19H,1-4,9-11,17H2,(H,18,20). The molecule has 2 rings (SSSR count). The molecule has 1 aromatic rings. The van der Waals surface area contributed by atoms with Crippen molar-refractivity contribution in [2.45, 2.75) is 32.2 Å². The molecule has 1 amide bonds. The van der Waals surface area contributed by atoms with E-state index in [4.69, 9.17) is 5.73 Å². The lowest BCUT2D eigenvalue weighted by Gasteiger charge is -2.30. The van der Waals surface area contributed by atoms with Crippen LogP contribution in [0.3, 0.4) is 0 Å². The van der Waals surface area contributed by atoms with E-state index in [1.807, 2.05) is 24.3 Å². The van der Waals surface area contributed by atoms with Crippen molar-refractivity contribution in [2.24, 2.45) is 17.6 Å². The van der Waals surface area contributed by atoms with Gasteiger partial charge < -0.3 is 16.2 Å². The van der Waals surface area contributed by atoms with E-state index >= 15 is 0 Å². The van der Waals surface area contributed by atoms with Crippen molar-refractivity contribution in [3.8, 4) is 0 Å². The average Bonchev–Trinajstić information content (AvgIpc) is 2.53. The summed E-state index contributed by atoms with van der Waals surface area (Å²) >= 11 is 0. The molecule has 0 aliphatic heterocycles. The predicted octanol–water partition coefficient (Wildman–Crippen LogP) is 1.67. The largest absolute Gasteiger partial charge is 0.396 e. The summed E-state index contributed by atoms with van der Waals surface area (Å²) in [6.07, 6.45) is 4.55. The lowest BCUT2D eigenvalue weighted by molar-refractivity contribution is 0.0909. The Hall–Kier alpha value is -1.39. The number of carbonyl (C=O) groups is 1. The number of hydrogen-bond donors (Lipinski definition) is 3. The van der Waals surface area contributed by atoms with Gasteiger partial charge >= 0.3 is 0 Å². The molecule has 1 saturated carbocycles. The molecule has 1 aliphatic rings. The normalized spacial score (nSPS) is 22.5. The van der Waals surface area contributed by atoms with E-state index in [0.29, 0.717) is 30.5 Å². The molecule has 4 heteroatoms. The molecule has 2 atom stereocenters. The van der Waals surface area contributed by atoms with Crippen molar-refractivity contribution in [3.63, 3.8) is 0 Å². The van der Waals surface area contributed by atoms with E-state index in [1.54, 1.807) is 0 Å². The van der Waals surface area contributed by atoms with Gasteiger partial charge in [-0.1, -0.05) is 25.0 Å². The average molecular weight is 276 g/mol. The first-order chi connectivity index (χ1) is 9.74. The molecule has 0 spiro atoms. The quantitative estimate of drug-likeness (QED) is 0.766. The summed E-state index contributed by atoms with van der Waals surface area (Å²) in [5.74, 6) is 0.695. The highest BCUT2D eigenvalue weighted by atomic mass is 16.3. The zero-order valence-electron chi connectivity index (χ0n) is 11.8. The maximum atomic E-state index is 12.1. The zero-order valence-corrected chi connectivity index (χ0v) is 11.8. The molecule has 1 aliphatic carbocycles. The maximum Gasteiger partial charge on any atom is 0.251 e. The van der Waals surface area contributed by atoms with Gasteiger partial charge in [-0.25, -0.2) is 0 Å². The number of benzene rings is 1. The Balaban J connectivity index is 1.87. The SMILES string of the molecule is NCc1ccc(C(=O)NCC2CCCCC2CO)cc1. The number of aliphatic hydroxyl groups excluding tert-OH is 1. The Bertz CT molecular complexity index is 431. The van der Waals surface area contributed by atoms with Gasteiger partial charge in [0.15, 0.2) is 0 Å². The maximum absolute atomic E-state index is 12.1. The zero-order chi connectivity index (χ0) is 14.4. The molecule has 2 unspecified atom stereocenters. The summed E-state index contributed by atoms with van der Waals surface area (Å²) < 4.78 is 0. The fourth-order valence-electron chi connectivity index (χ4n) is 2.91. The second-order valence-electron chi connectivity index (χ2n) is 5.60. The van der Waals surface area contributed by atoms with Crippen LogP contribution >= 0.6 is 0 Å². The summed E-state index contributed by atoms with van der Waals surface area (Å²) in [4.78, 5) is 12.1. The lowest BCUT2D eigenvalue weighted by atomic mass is 9.79. The van der Waals surface area contributed by atoms with Crippen molar-refractivity contribution in [1.29, 1.82) is 0 Å². The summed E-state index contributed by atoms with van der Waals surface area (Å²) in [6, 6.07) is 7.38. The second-order valence-corrected chi connectivity index (χ2v) is 5.60. The van der Waals surface area contributed by atoms with E-state index in [1.165, 1.54) is 12.8 Å². The summed E-state index contributed by atoms with van der Waals surface area (Å²) in [5.41, 5.74) is 7.23. The van der Waals surface area contributed by atoms with Crippen LogP contribution in [0.25, 0.3) is 0 Å². The molecule has 0 aromatic heterocycles. The van der Waals surface area contributed by atoms with Crippen LogP contribution in [0.15, 0.2) is 24.3 Å². The first-order valence-corrected chi connectivity index (χ1v) is 7.42. The summed E-state index contributed by atoms with van der Waals surface area (Å²) in [7, 11) is 0. The van der Waals surface area contributed by atoms with Gasteiger partial charge in [0.25, 0.3) is 5.91 Å². The first-order valence-electron chi connectivity index (χ1n) is 7.42. The Kier molecular flexibility index (Phi) is 5.56. The highest BCUT2D eigenvalue weighted by Gasteiger charge is 2.24. The molecular formula is C16H24N2O2. The molecule has 4 N–H and O–H groups in total. The van der Waals surface area contributed by atoms with Crippen LogP contribution in [-0.4, -0.2) is 24.2 Å². The third-order valence-corrected chi connectivity index (χ3v) is 4.28. The Morgan fingerprint density at radius 1 is 1.20 bits per heavy atom. The number of carbonyl (C=O) groups excluding carboxylic acids is 1. The number of amides is 1. The predicted molar refractivity (Wildman–Crippen MR) is 79.2 cm³/mol. The number of nitrogens with two attached hydrogens (primary N) is 1. The van der Waals surface area contributed by atoms with E-state index in [9.17, 15) is 9.90 Å². The molecule has 1 fully saturated rings. The second kappa shape index (κ2) is 7.41. The molecule has 0 saturated heterocycles. The van der Waals surface area contributed by atoms with E-state index in [0.717, 1.165) is 18.4 Å². The van der Waals surface area contributed by atoms with Crippen molar-refractivity contribution in [2.75, 3.05) is 13.2 Å². The van der Waals surface area contributed by atoms with E-state index in [-0.39, 0.29) is 12.5 Å². The van der Waals surface area contributed by atoms with Gasteiger partial charge in [-0.15, -0.1) is 0 Å². The van der Waals surface area contributed by atoms with Crippen LogP contribution < -0.4 is 11.1 Å². The highest BCUT2D eigenvalue weighted by Crippen LogP contribution is 2.29. The van der Waals surface area contributed by atoms with Crippen molar-refractivity contribution in [1.82, 2.24) is 5.32 Å². The van der Waals surface area contributed by atoms with Gasteiger partial charge in [0.2, 0.25) is 0 Å². The van der Waals surface area contributed by atoms with Crippen molar-refractivity contribution < 1.29 is 9.90 Å². The van der Waals surface area contributed by atoms with Crippen LogP contribution in [0.5, 0.6) is 0 Å². The fraction of sp³-hybridized carbons (Fsp3) is 0.562. The lowest BCUT2D eigenvalue weighted by Crippen LogP contribution is -2.35. The molecule has 0 radical (unpaired) electrons. The molecule has 1 aromatic carbocycles. The van der Waals surface area contributed by atoms with Gasteiger partial charge in [0.05, 0.1) is 0 Å². The minimum atomic E-state index is -0.0455. The van der Waals surface area contributed by atoms with Gasteiger partial charge in [-0.3, -0.25) is 4.79 Å². The van der Waals surface area contributed by atoms with Gasteiger partial charge in [0, 0.05) is 25.3 Å². The Morgan fingerprint density at radius 2 is 1.85 bits per heavy atom. The third kappa shape index (κ3) is 3.81. The molecule has 0 heterocycles. The monoisotopic (exact) mass is 276 g/mol. The smallest absolute Gasteiger partial charge is 0.251 e.